The van der Waals surface area contributed by atoms with E-state index in [0.29, 0.717) is 25.9 Å². The first-order valence-electron chi connectivity index (χ1n) is 12.9. The maximum absolute atomic E-state index is 12.5. The summed E-state index contributed by atoms with van der Waals surface area (Å²) in [6.45, 7) is 0.504. The molecule has 0 unspecified atom stereocenters. The lowest BCUT2D eigenvalue weighted by Gasteiger charge is -2.18. The Kier molecular flexibility index (Phi) is 11.6. The predicted molar refractivity (Wildman–Crippen MR) is 143 cm³/mol. The molecule has 1 amide bonds. The highest BCUT2D eigenvalue weighted by atomic mass is 16.5. The monoisotopic (exact) mass is 487 g/mol. The highest BCUT2D eigenvalue weighted by Crippen LogP contribution is 2.17. The van der Waals surface area contributed by atoms with Gasteiger partial charge in [-0.05, 0) is 60.9 Å². The van der Waals surface area contributed by atoms with Crippen LogP contribution in [-0.2, 0) is 29.0 Å². The maximum atomic E-state index is 12.5. The van der Waals surface area contributed by atoms with E-state index in [0.717, 1.165) is 49.0 Å². The number of hydrogen-bond donors (Lipinski definition) is 2. The van der Waals surface area contributed by atoms with Crippen LogP contribution < -0.4 is 10.1 Å². The van der Waals surface area contributed by atoms with Gasteiger partial charge in [-0.1, -0.05) is 85.6 Å². The number of carbonyl (C=O) groups is 2. The Morgan fingerprint density at radius 1 is 0.722 bits per heavy atom. The molecule has 0 heterocycles. The summed E-state index contributed by atoms with van der Waals surface area (Å²) < 4.78 is 5.85. The Balaban J connectivity index is 1.40. The molecule has 0 saturated carbocycles. The van der Waals surface area contributed by atoms with E-state index in [1.165, 1.54) is 5.56 Å². The third kappa shape index (κ3) is 10.8. The molecule has 190 valence electrons. The van der Waals surface area contributed by atoms with Gasteiger partial charge >= 0.3 is 5.97 Å². The van der Waals surface area contributed by atoms with E-state index in [-0.39, 0.29) is 18.4 Å². The Bertz CT molecular complexity index is 1040. The minimum atomic E-state index is -0.850. The fourth-order valence-corrected chi connectivity index (χ4v) is 4.18. The van der Waals surface area contributed by atoms with Gasteiger partial charge in [-0.15, -0.1) is 0 Å². The van der Waals surface area contributed by atoms with Crippen molar-refractivity contribution >= 4 is 11.9 Å². The zero-order chi connectivity index (χ0) is 25.4. The summed E-state index contributed by atoms with van der Waals surface area (Å²) in [5.74, 6) is -0.0745. The molecule has 3 aromatic carbocycles. The van der Waals surface area contributed by atoms with E-state index in [1.54, 1.807) is 0 Å². The van der Waals surface area contributed by atoms with Gasteiger partial charge in [0, 0.05) is 18.9 Å². The number of carboxylic acid groups (broad SMARTS) is 1. The van der Waals surface area contributed by atoms with Gasteiger partial charge in [0.1, 0.15) is 12.4 Å². The van der Waals surface area contributed by atoms with Crippen molar-refractivity contribution in [3.63, 3.8) is 0 Å². The SMILES string of the molecule is O=C(O)CC[C@H](Cc1ccc(OCc2ccccc2)cc1)NC(=O)CCCCCCc1ccccc1. The first kappa shape index (κ1) is 27.0. The highest BCUT2D eigenvalue weighted by Gasteiger charge is 2.15. The van der Waals surface area contributed by atoms with Gasteiger partial charge in [0.05, 0.1) is 0 Å². The van der Waals surface area contributed by atoms with Crippen LogP contribution in [0, 0.1) is 0 Å². The second-order valence-corrected chi connectivity index (χ2v) is 9.22. The second kappa shape index (κ2) is 15.4. The predicted octanol–water partition coefficient (Wildman–Crippen LogP) is 6.35. The normalized spacial score (nSPS) is 11.6. The average molecular weight is 488 g/mol. The number of benzene rings is 3. The van der Waals surface area contributed by atoms with Gasteiger partial charge in [0.25, 0.3) is 0 Å². The molecule has 3 aromatic rings. The van der Waals surface area contributed by atoms with E-state index in [1.807, 2.05) is 60.7 Å². The standard InChI is InChI=1S/C31H37NO4/c33-30(16-10-2-1-5-11-25-12-6-3-7-13-25)32-28(19-22-31(34)35)23-26-17-20-29(21-18-26)36-24-27-14-8-4-9-15-27/h3-4,6-9,12-15,17-18,20-21,28H,1-2,5,10-11,16,19,22-24H2,(H,32,33)(H,34,35)/t28-/m1/s1. The number of aliphatic carboxylic acids is 1. The van der Waals surface area contributed by atoms with Gasteiger partial charge in [-0.3, -0.25) is 9.59 Å². The van der Waals surface area contributed by atoms with Crippen LogP contribution in [0.4, 0.5) is 0 Å². The van der Waals surface area contributed by atoms with Crippen LogP contribution in [0.15, 0.2) is 84.9 Å². The zero-order valence-electron chi connectivity index (χ0n) is 20.9. The van der Waals surface area contributed by atoms with Crippen LogP contribution >= 0.6 is 0 Å². The molecule has 0 aliphatic carbocycles. The second-order valence-electron chi connectivity index (χ2n) is 9.22. The number of carboxylic acids is 1. The molecule has 5 nitrogen and oxygen atoms in total. The van der Waals surface area contributed by atoms with Crippen LogP contribution in [-0.4, -0.2) is 23.0 Å². The van der Waals surface area contributed by atoms with Gasteiger partial charge in [-0.25, -0.2) is 0 Å². The molecular weight excluding hydrogens is 450 g/mol. The minimum absolute atomic E-state index is 0.00346. The number of rotatable bonds is 16. The summed E-state index contributed by atoms with van der Waals surface area (Å²) in [4.78, 5) is 23.7. The number of unbranched alkanes of at least 4 members (excludes halogenated alkanes) is 3. The summed E-state index contributed by atoms with van der Waals surface area (Å²) in [6, 6.07) is 28.0. The average Bonchev–Trinajstić information content (AvgIpc) is 2.90. The molecule has 5 heteroatoms. The summed E-state index contributed by atoms with van der Waals surface area (Å²) >= 11 is 0. The van der Waals surface area contributed by atoms with E-state index in [9.17, 15) is 9.59 Å². The van der Waals surface area contributed by atoms with E-state index >= 15 is 0 Å². The third-order valence-corrected chi connectivity index (χ3v) is 6.19. The molecule has 0 radical (unpaired) electrons. The Morgan fingerprint density at radius 3 is 2.03 bits per heavy atom. The molecular formula is C31H37NO4. The lowest BCUT2D eigenvalue weighted by atomic mass is 10.0. The maximum Gasteiger partial charge on any atom is 0.303 e. The summed E-state index contributed by atoms with van der Waals surface area (Å²) in [5.41, 5.74) is 3.50. The molecule has 36 heavy (non-hydrogen) atoms. The van der Waals surface area contributed by atoms with Crippen LogP contribution in [0.25, 0.3) is 0 Å². The number of aryl methyl sites for hydroxylation is 1. The lowest BCUT2D eigenvalue weighted by molar-refractivity contribution is -0.137. The van der Waals surface area contributed by atoms with E-state index < -0.39 is 5.97 Å². The van der Waals surface area contributed by atoms with Crippen molar-refractivity contribution < 1.29 is 19.4 Å². The smallest absolute Gasteiger partial charge is 0.303 e. The van der Waals surface area contributed by atoms with Gasteiger partial charge in [0.15, 0.2) is 0 Å². The molecule has 0 bridgehead atoms. The number of ether oxygens (including phenoxy) is 1. The fraction of sp³-hybridized carbons (Fsp3) is 0.355. The quantitative estimate of drug-likeness (QED) is 0.231. The van der Waals surface area contributed by atoms with Crippen molar-refractivity contribution in [1.82, 2.24) is 5.32 Å². The third-order valence-electron chi connectivity index (χ3n) is 6.19. The summed E-state index contributed by atoms with van der Waals surface area (Å²) in [6.07, 6.45) is 6.66. The van der Waals surface area contributed by atoms with Crippen molar-refractivity contribution in [1.29, 1.82) is 0 Å². The van der Waals surface area contributed by atoms with Crippen LogP contribution in [0.2, 0.25) is 0 Å². The first-order chi connectivity index (χ1) is 17.6. The van der Waals surface area contributed by atoms with Gasteiger partial charge in [0.2, 0.25) is 5.91 Å². The number of nitrogens with one attached hydrogen (secondary N) is 1. The zero-order valence-corrected chi connectivity index (χ0v) is 20.9. The molecule has 0 aromatic heterocycles. The molecule has 0 aliphatic heterocycles. The Hall–Kier alpha value is -3.60. The van der Waals surface area contributed by atoms with Gasteiger partial charge in [-0.2, -0.15) is 0 Å². The highest BCUT2D eigenvalue weighted by molar-refractivity contribution is 5.76. The van der Waals surface area contributed by atoms with E-state index in [4.69, 9.17) is 9.84 Å². The van der Waals surface area contributed by atoms with E-state index in [2.05, 4.69) is 29.6 Å². The largest absolute Gasteiger partial charge is 0.489 e. The Labute approximate surface area is 214 Å². The molecule has 0 saturated heterocycles. The van der Waals surface area contributed by atoms with Crippen LogP contribution in [0.1, 0.15) is 61.6 Å². The Morgan fingerprint density at radius 2 is 1.36 bits per heavy atom. The number of carbonyl (C=O) groups excluding carboxylic acids is 1. The van der Waals surface area contributed by atoms with Crippen molar-refractivity contribution in [3.05, 3.63) is 102 Å². The minimum Gasteiger partial charge on any atom is -0.489 e. The van der Waals surface area contributed by atoms with Crippen molar-refractivity contribution in [2.75, 3.05) is 0 Å². The van der Waals surface area contributed by atoms with Crippen LogP contribution in [0.5, 0.6) is 5.75 Å². The van der Waals surface area contributed by atoms with Gasteiger partial charge < -0.3 is 15.2 Å². The topological polar surface area (TPSA) is 75.6 Å². The summed E-state index contributed by atoms with van der Waals surface area (Å²) in [7, 11) is 0. The summed E-state index contributed by atoms with van der Waals surface area (Å²) in [5, 5.41) is 12.2. The molecule has 2 N–H and O–H groups in total. The van der Waals surface area contributed by atoms with Crippen LogP contribution in [0.3, 0.4) is 0 Å². The number of hydrogen-bond acceptors (Lipinski definition) is 3. The fourth-order valence-electron chi connectivity index (χ4n) is 4.18. The molecule has 3 rings (SSSR count). The lowest BCUT2D eigenvalue weighted by Crippen LogP contribution is -2.36. The molecule has 0 fully saturated rings. The molecule has 0 aliphatic rings. The van der Waals surface area contributed by atoms with Crippen molar-refractivity contribution in [2.45, 2.75) is 70.4 Å². The van der Waals surface area contributed by atoms with Crippen molar-refractivity contribution in [3.8, 4) is 5.75 Å². The molecule has 0 spiro atoms. The first-order valence-corrected chi connectivity index (χ1v) is 12.9. The van der Waals surface area contributed by atoms with Crippen molar-refractivity contribution in [2.24, 2.45) is 0 Å². The number of amides is 1. The molecule has 1 atom stereocenters.